The summed E-state index contributed by atoms with van der Waals surface area (Å²) in [6.07, 6.45) is 2.34. The number of aliphatic carboxylic acids is 1. The van der Waals surface area contributed by atoms with E-state index in [9.17, 15) is 19.5 Å². The Morgan fingerprint density at radius 2 is 2.12 bits per heavy atom. The van der Waals surface area contributed by atoms with Gasteiger partial charge in [0.25, 0.3) is 0 Å². The molecule has 2 amide bonds. The second-order valence-electron chi connectivity index (χ2n) is 6.48. The molecule has 2 N–H and O–H groups in total. The van der Waals surface area contributed by atoms with E-state index in [0.29, 0.717) is 19.4 Å². The van der Waals surface area contributed by atoms with Crippen LogP contribution in [0.25, 0.3) is 5.23 Å². The van der Waals surface area contributed by atoms with Crippen LogP contribution >= 0.6 is 0 Å². The van der Waals surface area contributed by atoms with Crippen molar-refractivity contribution < 1.29 is 52.2 Å². The zero-order valence-electron chi connectivity index (χ0n) is 13.9. The van der Waals surface area contributed by atoms with E-state index in [4.69, 9.17) is 7.98 Å². The van der Waals surface area contributed by atoms with Crippen LogP contribution in [0.4, 0.5) is 0 Å². The molecule has 5 unspecified atom stereocenters. The van der Waals surface area contributed by atoms with E-state index in [-0.39, 0.29) is 50.5 Å². The van der Waals surface area contributed by atoms with Gasteiger partial charge in [-0.1, -0.05) is 26.0 Å². The van der Waals surface area contributed by atoms with E-state index in [1.807, 2.05) is 6.92 Å². The van der Waals surface area contributed by atoms with Gasteiger partial charge in [-0.05, 0) is 18.8 Å². The van der Waals surface area contributed by atoms with Crippen molar-refractivity contribution in [1.82, 2.24) is 10.2 Å². The molecule has 2 radical (unpaired) electrons. The van der Waals surface area contributed by atoms with Crippen molar-refractivity contribution in [2.24, 2.45) is 11.8 Å². The minimum absolute atomic E-state index is 0. The second-order valence-corrected chi connectivity index (χ2v) is 6.48. The molecule has 1 aliphatic heterocycles. The Labute approximate surface area is 168 Å². The fourth-order valence-electron chi connectivity index (χ4n) is 3.16. The predicted octanol–water partition coefficient (Wildman–Crippen LogP) is 0.212. The number of nitrogens with zero attached hydrogens (tertiary/aromatic N) is 2. The minimum Gasteiger partial charge on any atom is -0.690 e. The largest absolute Gasteiger partial charge is 3.00 e. The van der Waals surface area contributed by atoms with Crippen molar-refractivity contribution >= 4 is 25.8 Å². The van der Waals surface area contributed by atoms with E-state index in [1.54, 1.807) is 6.92 Å². The van der Waals surface area contributed by atoms with Gasteiger partial charge in [-0.2, -0.15) is 0 Å². The smallest absolute Gasteiger partial charge is 0.690 e. The molecular formula is C15H21BN3O4Y+2. The molecule has 1 saturated carbocycles. The molecule has 0 aromatic rings. The molecule has 24 heavy (non-hydrogen) atoms. The first-order valence-corrected chi connectivity index (χ1v) is 7.65. The molecule has 1 aliphatic carbocycles. The molecule has 0 spiro atoms. The molecule has 2 fully saturated rings. The summed E-state index contributed by atoms with van der Waals surface area (Å²) in [7, 11) is 5.17. The van der Waals surface area contributed by atoms with Crippen LogP contribution in [0.2, 0.25) is 0 Å². The maximum Gasteiger partial charge on any atom is 3.00 e. The van der Waals surface area contributed by atoms with Gasteiger partial charge in [0.05, 0.1) is 0 Å². The Kier molecular flexibility index (Phi) is 7.20. The molecule has 0 aromatic carbocycles. The number of hydrogen-bond donors (Lipinski definition) is 2. The Morgan fingerprint density at radius 1 is 1.50 bits per heavy atom. The third-order valence-electron chi connectivity index (χ3n) is 4.70. The number of carbonyl (C=O) groups is 3. The molecular weight excluding hydrogens is 386 g/mol. The van der Waals surface area contributed by atoms with Gasteiger partial charge in [0.2, 0.25) is 11.8 Å². The molecule has 1 saturated heterocycles. The van der Waals surface area contributed by atoms with Gasteiger partial charge in [-0.15, -0.1) is 14.6 Å². The molecule has 1 heterocycles. The summed E-state index contributed by atoms with van der Waals surface area (Å²) in [6, 6.07) is -1.42. The Balaban J connectivity index is 0.00000288. The van der Waals surface area contributed by atoms with Crippen molar-refractivity contribution in [2.45, 2.75) is 44.3 Å². The topological polar surface area (TPSA) is 101 Å². The van der Waals surface area contributed by atoms with E-state index in [2.05, 4.69) is 17.1 Å². The number of nitrogens with one attached hydrogen (secondary N) is 1. The summed E-state index contributed by atoms with van der Waals surface area (Å²) in [5.74, 6) is -1.99. The molecule has 0 aromatic heterocycles. The number of rotatable bonds is 6. The van der Waals surface area contributed by atoms with Crippen LogP contribution in [0, 0.1) is 11.8 Å². The van der Waals surface area contributed by atoms with Crippen LogP contribution in [-0.4, -0.2) is 59.9 Å². The summed E-state index contributed by atoms with van der Waals surface area (Å²) in [5, 5.41) is 15.4. The molecule has 5 atom stereocenters. The molecule has 124 valence electrons. The maximum absolute atomic E-state index is 12.6. The summed E-state index contributed by atoms with van der Waals surface area (Å²) in [5.41, 5.74) is -1.29. The normalized spacial score (nSPS) is 32.4. The van der Waals surface area contributed by atoms with Gasteiger partial charge < -0.3 is 20.6 Å². The quantitative estimate of drug-likeness (QED) is 0.486. The van der Waals surface area contributed by atoms with Crippen LogP contribution in [-0.2, 0) is 47.1 Å². The predicted molar refractivity (Wildman–Crippen MR) is 84.7 cm³/mol. The van der Waals surface area contributed by atoms with Crippen LogP contribution in [0.5, 0.6) is 0 Å². The Hall–Kier alpha value is -0.721. The first-order chi connectivity index (χ1) is 10.8. The van der Waals surface area contributed by atoms with E-state index < -0.39 is 29.5 Å². The average Bonchev–Trinajstić information content (AvgIpc) is 3.10. The number of carboxylic acids is 1. The van der Waals surface area contributed by atoms with Gasteiger partial charge in [0.15, 0.2) is 0 Å². The molecule has 0 bridgehead atoms. The third-order valence-corrected chi connectivity index (χ3v) is 4.70. The summed E-state index contributed by atoms with van der Waals surface area (Å²) < 4.78 is 0. The number of likely N-dealkylation sites (tertiary alicyclic amines) is 1. The van der Waals surface area contributed by atoms with Crippen molar-refractivity contribution in [1.29, 1.82) is 0 Å². The first kappa shape index (κ1) is 21.3. The number of carboxylic acid groups (broad SMARTS) is 1. The molecule has 2 rings (SSSR count). The van der Waals surface area contributed by atoms with E-state index in [1.165, 1.54) is 11.0 Å². The van der Waals surface area contributed by atoms with Crippen LogP contribution < -0.4 is 5.32 Å². The van der Waals surface area contributed by atoms with E-state index >= 15 is 0 Å². The standard InChI is InChI=1S/C15H21BN3O4.Y/c1-4-10-6-15(10,14(22)23)17-12(20)11-5-8(2)7-19(11)13(21)9(3)18-16;/h4,8-11H,1,5-7H2,2-3H3,(H,17,20)(H,22,23);/q-1;+3. The minimum atomic E-state index is -1.29. The summed E-state index contributed by atoms with van der Waals surface area (Å²) in [4.78, 5) is 37.8. The molecule has 7 nitrogen and oxygen atoms in total. The maximum atomic E-state index is 12.6. The van der Waals surface area contributed by atoms with Gasteiger partial charge in [0, 0.05) is 12.5 Å². The summed E-state index contributed by atoms with van der Waals surface area (Å²) >= 11 is 0. The van der Waals surface area contributed by atoms with Gasteiger partial charge in [-0.25, -0.2) is 4.79 Å². The molecule has 9 heteroatoms. The molecule has 2 aliphatic rings. The fraction of sp³-hybridized carbons (Fsp3) is 0.667. The van der Waals surface area contributed by atoms with Gasteiger partial charge >= 0.3 is 38.7 Å². The Morgan fingerprint density at radius 3 is 2.58 bits per heavy atom. The zero-order valence-corrected chi connectivity index (χ0v) is 16.8. The van der Waals surface area contributed by atoms with Crippen molar-refractivity contribution in [2.75, 3.05) is 6.54 Å². The van der Waals surface area contributed by atoms with E-state index in [0.717, 1.165) is 0 Å². The Bertz CT molecular complexity index is 547. The number of hydrogen-bond acceptors (Lipinski definition) is 3. The second kappa shape index (κ2) is 8.11. The van der Waals surface area contributed by atoms with Crippen LogP contribution in [0.1, 0.15) is 26.7 Å². The van der Waals surface area contributed by atoms with Crippen molar-refractivity contribution in [3.05, 3.63) is 17.9 Å². The zero-order chi connectivity index (χ0) is 17.4. The average molecular weight is 407 g/mol. The third kappa shape index (κ3) is 3.91. The fourth-order valence-corrected chi connectivity index (χ4v) is 3.16. The number of carbonyl (C=O) groups excluding carboxylic acids is 2. The SMILES string of the molecule is [B][N-]C(C)C(=O)N1CC(C)CC1C(=O)NC1(C(=O)O)CC1C=C.[Y+3]. The van der Waals surface area contributed by atoms with Crippen LogP contribution in [0.3, 0.4) is 0 Å². The monoisotopic (exact) mass is 407 g/mol. The van der Waals surface area contributed by atoms with Crippen molar-refractivity contribution in [3.63, 3.8) is 0 Å². The van der Waals surface area contributed by atoms with Crippen LogP contribution in [0.15, 0.2) is 12.7 Å². The first-order valence-electron chi connectivity index (χ1n) is 7.65. The van der Waals surface area contributed by atoms with Gasteiger partial charge in [0.1, 0.15) is 11.6 Å². The van der Waals surface area contributed by atoms with Crippen molar-refractivity contribution in [3.8, 4) is 0 Å². The summed E-state index contributed by atoms with van der Waals surface area (Å²) in [6.45, 7) is 7.52. The van der Waals surface area contributed by atoms with Gasteiger partial charge in [-0.3, -0.25) is 9.59 Å². The number of amides is 2.